The smallest absolute Gasteiger partial charge is 0.243 e. The van der Waals surface area contributed by atoms with Gasteiger partial charge in [0.05, 0.1) is 31.1 Å². The fraction of sp³-hybridized carbons (Fsp3) is 0.611. The first-order valence-corrected chi connectivity index (χ1v) is 9.04. The van der Waals surface area contributed by atoms with Gasteiger partial charge in [-0.1, -0.05) is 25.7 Å². The van der Waals surface area contributed by atoms with Gasteiger partial charge in [0.15, 0.2) is 5.96 Å². The van der Waals surface area contributed by atoms with Crippen molar-refractivity contribution in [2.75, 3.05) is 32.1 Å². The molecule has 1 aromatic rings. The van der Waals surface area contributed by atoms with Crippen LogP contribution in [0.1, 0.15) is 38.5 Å². The zero-order chi connectivity index (χ0) is 17.7. The zero-order valence-electron chi connectivity index (χ0n) is 15.4. The molecule has 3 N–H and O–H groups in total. The van der Waals surface area contributed by atoms with Crippen molar-refractivity contribution in [2.45, 2.75) is 44.6 Å². The molecule has 7 nitrogen and oxygen atoms in total. The molecule has 8 heteroatoms. The molecular formula is C18H30IN5O2. The predicted molar refractivity (Wildman–Crippen MR) is 115 cm³/mol. The van der Waals surface area contributed by atoms with Crippen LogP contribution in [0, 0.1) is 0 Å². The van der Waals surface area contributed by atoms with Crippen molar-refractivity contribution in [1.29, 1.82) is 0 Å². The Bertz CT molecular complexity index is 534. The minimum absolute atomic E-state index is 0. The maximum atomic E-state index is 11.9. The van der Waals surface area contributed by atoms with E-state index >= 15 is 0 Å². The van der Waals surface area contributed by atoms with Crippen molar-refractivity contribution in [3.8, 4) is 0 Å². The molecule has 0 spiro atoms. The van der Waals surface area contributed by atoms with Crippen molar-refractivity contribution in [1.82, 2.24) is 15.6 Å². The molecule has 1 fully saturated rings. The second-order valence-corrected chi connectivity index (χ2v) is 6.13. The van der Waals surface area contributed by atoms with Gasteiger partial charge in [-0.25, -0.2) is 0 Å². The second-order valence-electron chi connectivity index (χ2n) is 6.13. The van der Waals surface area contributed by atoms with Crippen LogP contribution in [0.3, 0.4) is 0 Å². The number of nitrogens with zero attached hydrogens (tertiary/aromatic N) is 2. The number of guanidine groups is 1. The lowest BCUT2D eigenvalue weighted by Crippen LogP contribution is -2.42. The lowest BCUT2D eigenvalue weighted by Gasteiger charge is -2.16. The maximum Gasteiger partial charge on any atom is 0.243 e. The van der Waals surface area contributed by atoms with Crippen LogP contribution in [0.2, 0.25) is 0 Å². The molecule has 0 atom stereocenters. The van der Waals surface area contributed by atoms with Gasteiger partial charge in [0.1, 0.15) is 0 Å². The Morgan fingerprint density at radius 3 is 2.69 bits per heavy atom. The van der Waals surface area contributed by atoms with Gasteiger partial charge < -0.3 is 20.7 Å². The van der Waals surface area contributed by atoms with E-state index in [1.165, 1.54) is 38.5 Å². The first kappa shape index (κ1) is 22.6. The fourth-order valence-electron chi connectivity index (χ4n) is 2.83. The number of carbonyl (C=O) groups is 1. The summed E-state index contributed by atoms with van der Waals surface area (Å²) in [7, 11) is 1.68. The Kier molecular flexibility index (Phi) is 12.0. The molecule has 0 bridgehead atoms. The Hall–Kier alpha value is -1.42. The first-order chi connectivity index (χ1) is 12.3. The summed E-state index contributed by atoms with van der Waals surface area (Å²) < 4.78 is 5.93. The summed E-state index contributed by atoms with van der Waals surface area (Å²) in [5.74, 6) is 0.441. The monoisotopic (exact) mass is 475 g/mol. The molecule has 146 valence electrons. The third-order valence-corrected chi connectivity index (χ3v) is 4.14. The highest BCUT2D eigenvalue weighted by Crippen LogP contribution is 2.19. The Labute approximate surface area is 172 Å². The SMILES string of the molecule is CN=C(NCCOC1CCCCCC1)NCC(=O)Nc1cccnc1.I. The molecule has 2 rings (SSSR count). The largest absolute Gasteiger partial charge is 0.376 e. The van der Waals surface area contributed by atoms with Gasteiger partial charge in [-0.3, -0.25) is 14.8 Å². The van der Waals surface area contributed by atoms with E-state index in [4.69, 9.17) is 4.74 Å². The maximum absolute atomic E-state index is 11.9. The van der Waals surface area contributed by atoms with Crippen molar-refractivity contribution in [3.05, 3.63) is 24.5 Å². The highest BCUT2D eigenvalue weighted by Gasteiger charge is 2.12. The van der Waals surface area contributed by atoms with E-state index < -0.39 is 0 Å². The van der Waals surface area contributed by atoms with Crippen LogP contribution in [0.25, 0.3) is 0 Å². The minimum Gasteiger partial charge on any atom is -0.376 e. The van der Waals surface area contributed by atoms with Crippen LogP contribution in [-0.4, -0.2) is 49.7 Å². The standard InChI is InChI=1S/C18H29N5O2.HI/c1-19-18(21-11-12-25-16-8-4-2-3-5-9-16)22-14-17(24)23-15-7-6-10-20-13-15;/h6-7,10,13,16H,2-5,8-9,11-12,14H2,1H3,(H,23,24)(H2,19,21,22);1H. The fourth-order valence-corrected chi connectivity index (χ4v) is 2.83. The average molecular weight is 475 g/mol. The van der Waals surface area contributed by atoms with E-state index in [9.17, 15) is 4.79 Å². The molecule has 1 saturated carbocycles. The summed E-state index contributed by atoms with van der Waals surface area (Å²) in [5.41, 5.74) is 0.675. The number of rotatable bonds is 7. The van der Waals surface area contributed by atoms with E-state index in [1.54, 1.807) is 31.6 Å². The van der Waals surface area contributed by atoms with Crippen molar-refractivity contribution in [2.24, 2.45) is 4.99 Å². The third kappa shape index (κ3) is 9.33. The molecule has 0 radical (unpaired) electrons. The van der Waals surface area contributed by atoms with Gasteiger partial charge in [0.2, 0.25) is 5.91 Å². The lowest BCUT2D eigenvalue weighted by atomic mass is 10.1. The highest BCUT2D eigenvalue weighted by molar-refractivity contribution is 14.0. The molecule has 1 aromatic heterocycles. The van der Waals surface area contributed by atoms with Gasteiger partial charge in [-0.15, -0.1) is 24.0 Å². The molecule has 1 amide bonds. The molecule has 1 aliphatic carbocycles. The quantitative estimate of drug-likeness (QED) is 0.186. The molecule has 0 unspecified atom stereocenters. The number of nitrogens with one attached hydrogen (secondary N) is 3. The zero-order valence-corrected chi connectivity index (χ0v) is 17.7. The number of halogens is 1. The van der Waals surface area contributed by atoms with Crippen LogP contribution < -0.4 is 16.0 Å². The molecule has 0 aromatic carbocycles. The van der Waals surface area contributed by atoms with Crippen LogP contribution in [0.4, 0.5) is 5.69 Å². The molecule has 0 aliphatic heterocycles. The summed E-state index contributed by atoms with van der Waals surface area (Å²) in [6.45, 7) is 1.45. The number of hydrogen-bond donors (Lipinski definition) is 3. The van der Waals surface area contributed by atoms with E-state index in [0.29, 0.717) is 30.9 Å². The minimum atomic E-state index is -0.148. The molecule has 1 heterocycles. The number of ether oxygens (including phenoxy) is 1. The highest BCUT2D eigenvalue weighted by atomic mass is 127. The number of carbonyl (C=O) groups excluding carboxylic acids is 1. The van der Waals surface area contributed by atoms with Gasteiger partial charge in [0, 0.05) is 19.8 Å². The summed E-state index contributed by atoms with van der Waals surface area (Å²) in [4.78, 5) is 20.0. The van der Waals surface area contributed by atoms with Crippen LogP contribution in [0.5, 0.6) is 0 Å². The third-order valence-electron chi connectivity index (χ3n) is 4.14. The van der Waals surface area contributed by atoms with E-state index in [1.807, 2.05) is 0 Å². The molecular weight excluding hydrogens is 445 g/mol. The first-order valence-electron chi connectivity index (χ1n) is 9.04. The molecule has 26 heavy (non-hydrogen) atoms. The van der Waals surface area contributed by atoms with Crippen LogP contribution in [0.15, 0.2) is 29.5 Å². The number of amides is 1. The number of pyridine rings is 1. The Balaban J connectivity index is 0.00000338. The lowest BCUT2D eigenvalue weighted by molar-refractivity contribution is -0.115. The summed E-state index contributed by atoms with van der Waals surface area (Å²) in [6, 6.07) is 3.57. The Morgan fingerprint density at radius 2 is 2.04 bits per heavy atom. The normalized spacial score (nSPS) is 15.5. The molecule has 0 saturated heterocycles. The number of anilines is 1. The van der Waals surface area contributed by atoms with Gasteiger partial charge in [-0.2, -0.15) is 0 Å². The summed E-state index contributed by atoms with van der Waals surface area (Å²) in [6.07, 6.45) is 11.2. The van der Waals surface area contributed by atoms with Gasteiger partial charge in [-0.05, 0) is 25.0 Å². The van der Waals surface area contributed by atoms with Crippen molar-refractivity contribution in [3.63, 3.8) is 0 Å². The number of hydrogen-bond acceptors (Lipinski definition) is 4. The number of aromatic nitrogens is 1. The molecule has 1 aliphatic rings. The van der Waals surface area contributed by atoms with E-state index in [2.05, 4.69) is 25.9 Å². The predicted octanol–water partition coefficient (Wildman–Crippen LogP) is 2.54. The van der Waals surface area contributed by atoms with Crippen LogP contribution in [-0.2, 0) is 9.53 Å². The van der Waals surface area contributed by atoms with Crippen molar-refractivity contribution >= 4 is 41.5 Å². The number of aliphatic imine (C=N–C) groups is 1. The van der Waals surface area contributed by atoms with E-state index in [0.717, 1.165) is 0 Å². The average Bonchev–Trinajstić information content (AvgIpc) is 2.91. The van der Waals surface area contributed by atoms with Gasteiger partial charge >= 0.3 is 0 Å². The summed E-state index contributed by atoms with van der Waals surface area (Å²) in [5, 5.41) is 8.92. The Morgan fingerprint density at radius 1 is 1.27 bits per heavy atom. The van der Waals surface area contributed by atoms with Gasteiger partial charge in [0.25, 0.3) is 0 Å². The van der Waals surface area contributed by atoms with E-state index in [-0.39, 0.29) is 36.4 Å². The van der Waals surface area contributed by atoms with Crippen LogP contribution >= 0.6 is 24.0 Å². The van der Waals surface area contributed by atoms with Crippen molar-refractivity contribution < 1.29 is 9.53 Å². The second kappa shape index (κ2) is 13.7. The summed E-state index contributed by atoms with van der Waals surface area (Å²) >= 11 is 0. The topological polar surface area (TPSA) is 87.6 Å².